The number of aliphatic carboxylic acids is 1. The first kappa shape index (κ1) is 13.5. The smallest absolute Gasteiger partial charge is 0.303 e. The summed E-state index contributed by atoms with van der Waals surface area (Å²) in [6.45, 7) is 2.63. The molecule has 4 heteroatoms. The van der Waals surface area contributed by atoms with E-state index in [9.17, 15) is 9.18 Å². The van der Waals surface area contributed by atoms with E-state index in [2.05, 4.69) is 6.92 Å². The zero-order chi connectivity index (χ0) is 12.7. The molecule has 0 fully saturated rings. The topological polar surface area (TPSA) is 46.5 Å². The second kappa shape index (κ2) is 6.89. The number of hydrogen-bond acceptors (Lipinski definition) is 2. The van der Waals surface area contributed by atoms with Crippen molar-refractivity contribution in [3.05, 3.63) is 29.6 Å². The first-order valence-corrected chi connectivity index (χ1v) is 5.76. The summed E-state index contributed by atoms with van der Waals surface area (Å²) in [5, 5.41) is 8.61. The Balaban J connectivity index is 2.69. The molecule has 0 aliphatic rings. The number of unbranched alkanes of at least 4 members (excludes halogenated alkanes) is 1. The molecule has 0 saturated carbocycles. The van der Waals surface area contributed by atoms with Gasteiger partial charge in [-0.2, -0.15) is 0 Å². The normalized spacial score (nSPS) is 10.2. The third-order valence-corrected chi connectivity index (χ3v) is 2.39. The van der Waals surface area contributed by atoms with Crippen molar-refractivity contribution in [1.29, 1.82) is 0 Å². The molecule has 94 valence electrons. The van der Waals surface area contributed by atoms with Crippen LogP contribution in [-0.2, 0) is 11.2 Å². The van der Waals surface area contributed by atoms with E-state index in [1.54, 1.807) is 6.07 Å². The van der Waals surface area contributed by atoms with Crippen LogP contribution in [-0.4, -0.2) is 17.7 Å². The van der Waals surface area contributed by atoms with E-state index in [0.717, 1.165) is 12.8 Å². The molecule has 1 N–H and O–H groups in total. The summed E-state index contributed by atoms with van der Waals surface area (Å²) in [5.74, 6) is -0.678. The Labute approximate surface area is 100 Å². The monoisotopic (exact) mass is 240 g/mol. The van der Waals surface area contributed by atoms with E-state index >= 15 is 0 Å². The van der Waals surface area contributed by atoms with Gasteiger partial charge in [-0.3, -0.25) is 4.79 Å². The molecule has 0 bridgehead atoms. The van der Waals surface area contributed by atoms with E-state index in [4.69, 9.17) is 9.84 Å². The summed E-state index contributed by atoms with van der Waals surface area (Å²) in [4.78, 5) is 10.5. The van der Waals surface area contributed by atoms with Crippen molar-refractivity contribution < 1.29 is 19.0 Å². The fourth-order valence-corrected chi connectivity index (χ4v) is 1.45. The van der Waals surface area contributed by atoms with E-state index in [-0.39, 0.29) is 18.7 Å². The van der Waals surface area contributed by atoms with Crippen LogP contribution in [0, 0.1) is 5.82 Å². The Bertz CT molecular complexity index is 377. The minimum atomic E-state index is -0.895. The van der Waals surface area contributed by atoms with Gasteiger partial charge in [-0.05, 0) is 36.6 Å². The van der Waals surface area contributed by atoms with Crippen LogP contribution >= 0.6 is 0 Å². The van der Waals surface area contributed by atoms with Gasteiger partial charge in [0.15, 0.2) is 0 Å². The molecule has 1 aromatic rings. The SMILES string of the molecule is CCCCOc1ccc(F)cc1CCC(=O)O. The molecular formula is C13H17FO3. The summed E-state index contributed by atoms with van der Waals surface area (Å²) in [5.41, 5.74) is 0.614. The predicted octanol–water partition coefficient (Wildman–Crippen LogP) is 3.02. The minimum Gasteiger partial charge on any atom is -0.493 e. The lowest BCUT2D eigenvalue weighted by atomic mass is 10.1. The molecule has 0 radical (unpaired) electrons. The first-order valence-electron chi connectivity index (χ1n) is 5.76. The van der Waals surface area contributed by atoms with Gasteiger partial charge in [-0.1, -0.05) is 13.3 Å². The highest BCUT2D eigenvalue weighted by Crippen LogP contribution is 2.21. The Morgan fingerprint density at radius 2 is 2.24 bits per heavy atom. The number of aryl methyl sites for hydroxylation is 1. The van der Waals surface area contributed by atoms with Gasteiger partial charge in [0.25, 0.3) is 0 Å². The van der Waals surface area contributed by atoms with Crippen molar-refractivity contribution >= 4 is 5.97 Å². The molecule has 0 amide bonds. The quantitative estimate of drug-likeness (QED) is 0.745. The molecule has 0 aromatic heterocycles. The number of rotatable bonds is 7. The molecule has 17 heavy (non-hydrogen) atoms. The van der Waals surface area contributed by atoms with Crippen LogP contribution < -0.4 is 4.74 Å². The zero-order valence-electron chi connectivity index (χ0n) is 9.91. The van der Waals surface area contributed by atoms with E-state index < -0.39 is 5.97 Å². The molecule has 1 rings (SSSR count). The molecular weight excluding hydrogens is 223 g/mol. The molecule has 0 atom stereocenters. The van der Waals surface area contributed by atoms with Gasteiger partial charge in [0.2, 0.25) is 0 Å². The highest BCUT2D eigenvalue weighted by Gasteiger charge is 2.07. The van der Waals surface area contributed by atoms with Gasteiger partial charge < -0.3 is 9.84 Å². The van der Waals surface area contributed by atoms with Crippen LogP contribution in [0.5, 0.6) is 5.75 Å². The number of ether oxygens (including phenoxy) is 1. The lowest BCUT2D eigenvalue weighted by molar-refractivity contribution is -0.136. The fraction of sp³-hybridized carbons (Fsp3) is 0.462. The summed E-state index contributed by atoms with van der Waals surface area (Å²) in [6, 6.07) is 4.22. The summed E-state index contributed by atoms with van der Waals surface area (Å²) >= 11 is 0. The highest BCUT2D eigenvalue weighted by atomic mass is 19.1. The summed E-state index contributed by atoms with van der Waals surface area (Å²) in [6.07, 6.45) is 2.21. The molecule has 0 heterocycles. The fourth-order valence-electron chi connectivity index (χ4n) is 1.45. The third kappa shape index (κ3) is 4.85. The number of carbonyl (C=O) groups is 1. The maximum atomic E-state index is 13.1. The average Bonchev–Trinajstić information content (AvgIpc) is 2.29. The Kier molecular flexibility index (Phi) is 5.46. The van der Waals surface area contributed by atoms with Crippen molar-refractivity contribution in [3.8, 4) is 5.75 Å². The lowest BCUT2D eigenvalue weighted by Gasteiger charge is -2.10. The average molecular weight is 240 g/mol. The molecule has 0 saturated heterocycles. The van der Waals surface area contributed by atoms with Crippen LogP contribution in [0.4, 0.5) is 4.39 Å². The molecule has 1 aromatic carbocycles. The largest absolute Gasteiger partial charge is 0.493 e. The number of halogens is 1. The van der Waals surface area contributed by atoms with Gasteiger partial charge in [0, 0.05) is 6.42 Å². The van der Waals surface area contributed by atoms with Gasteiger partial charge >= 0.3 is 5.97 Å². The number of benzene rings is 1. The predicted molar refractivity (Wildman–Crippen MR) is 62.8 cm³/mol. The molecule has 0 aliphatic carbocycles. The van der Waals surface area contributed by atoms with Gasteiger partial charge in [-0.25, -0.2) is 4.39 Å². The zero-order valence-corrected chi connectivity index (χ0v) is 9.91. The number of hydrogen-bond donors (Lipinski definition) is 1. The minimum absolute atomic E-state index is 0.0202. The Hall–Kier alpha value is -1.58. The van der Waals surface area contributed by atoms with Crippen LogP contribution in [0.15, 0.2) is 18.2 Å². The van der Waals surface area contributed by atoms with Crippen molar-refractivity contribution in [2.45, 2.75) is 32.6 Å². The summed E-state index contributed by atoms with van der Waals surface area (Å²) < 4.78 is 18.6. The van der Waals surface area contributed by atoms with Gasteiger partial charge in [0.1, 0.15) is 11.6 Å². The maximum absolute atomic E-state index is 13.1. The van der Waals surface area contributed by atoms with Crippen molar-refractivity contribution in [1.82, 2.24) is 0 Å². The van der Waals surface area contributed by atoms with Crippen LogP contribution in [0.1, 0.15) is 31.7 Å². The van der Waals surface area contributed by atoms with E-state index in [1.165, 1.54) is 12.1 Å². The second-order valence-corrected chi connectivity index (χ2v) is 3.85. The highest BCUT2D eigenvalue weighted by molar-refractivity contribution is 5.67. The van der Waals surface area contributed by atoms with E-state index in [1.807, 2.05) is 0 Å². The summed E-state index contributed by atoms with van der Waals surface area (Å²) in [7, 11) is 0. The van der Waals surface area contributed by atoms with Crippen LogP contribution in [0.2, 0.25) is 0 Å². The number of carboxylic acids is 1. The standard InChI is InChI=1S/C13H17FO3/c1-2-3-8-17-12-6-5-11(14)9-10(12)4-7-13(15)16/h5-6,9H,2-4,7-8H2,1H3,(H,15,16). The second-order valence-electron chi connectivity index (χ2n) is 3.85. The lowest BCUT2D eigenvalue weighted by Crippen LogP contribution is -2.03. The molecule has 0 unspecified atom stereocenters. The molecule has 0 spiro atoms. The van der Waals surface area contributed by atoms with Crippen LogP contribution in [0.25, 0.3) is 0 Å². The maximum Gasteiger partial charge on any atom is 0.303 e. The third-order valence-electron chi connectivity index (χ3n) is 2.39. The van der Waals surface area contributed by atoms with Crippen molar-refractivity contribution in [2.75, 3.05) is 6.61 Å². The van der Waals surface area contributed by atoms with E-state index in [0.29, 0.717) is 17.9 Å². The first-order chi connectivity index (χ1) is 8.13. The van der Waals surface area contributed by atoms with Crippen molar-refractivity contribution in [3.63, 3.8) is 0 Å². The van der Waals surface area contributed by atoms with Gasteiger partial charge in [-0.15, -0.1) is 0 Å². The Morgan fingerprint density at radius 1 is 1.47 bits per heavy atom. The van der Waals surface area contributed by atoms with Gasteiger partial charge in [0.05, 0.1) is 6.61 Å². The molecule has 0 aliphatic heterocycles. The van der Waals surface area contributed by atoms with Crippen molar-refractivity contribution in [2.24, 2.45) is 0 Å². The molecule has 3 nitrogen and oxygen atoms in total. The Morgan fingerprint density at radius 3 is 2.88 bits per heavy atom. The number of carboxylic acid groups (broad SMARTS) is 1. The van der Waals surface area contributed by atoms with Crippen LogP contribution in [0.3, 0.4) is 0 Å².